The van der Waals surface area contributed by atoms with Crippen LogP contribution in [-0.2, 0) is 4.79 Å². The van der Waals surface area contributed by atoms with Crippen LogP contribution in [0, 0.1) is 0 Å². The predicted octanol–water partition coefficient (Wildman–Crippen LogP) is 4.03. The number of aromatic nitrogens is 1. The molecule has 0 radical (unpaired) electrons. The fourth-order valence-corrected chi connectivity index (χ4v) is 3.67. The third-order valence-electron chi connectivity index (χ3n) is 4.03. The van der Waals surface area contributed by atoms with Crippen LogP contribution in [0.3, 0.4) is 0 Å². The molecule has 0 bridgehead atoms. The van der Waals surface area contributed by atoms with Crippen molar-refractivity contribution in [3.8, 4) is 0 Å². The molecule has 1 amide bonds. The van der Waals surface area contributed by atoms with Gasteiger partial charge >= 0.3 is 0 Å². The van der Waals surface area contributed by atoms with Crippen molar-refractivity contribution in [2.45, 2.75) is 24.8 Å². The summed E-state index contributed by atoms with van der Waals surface area (Å²) in [5.41, 5.74) is 1.05. The molecule has 1 atom stereocenters. The van der Waals surface area contributed by atoms with Gasteiger partial charge in [0.2, 0.25) is 5.91 Å². The van der Waals surface area contributed by atoms with Gasteiger partial charge in [-0.05, 0) is 36.9 Å². The minimum Gasteiger partial charge on any atom is -0.353 e. The summed E-state index contributed by atoms with van der Waals surface area (Å²) in [4.78, 5) is 19.6. The molecule has 0 aliphatic carbocycles. The smallest absolute Gasteiger partial charge is 0.230 e. The Morgan fingerprint density at radius 3 is 2.52 bits per heavy atom. The summed E-state index contributed by atoms with van der Waals surface area (Å²) in [5.74, 6) is 0.406. The van der Waals surface area contributed by atoms with Crippen LogP contribution in [0.25, 0.3) is 0 Å². The molecule has 2 rings (SSSR count). The molecule has 0 aliphatic heterocycles. The van der Waals surface area contributed by atoms with E-state index in [-0.39, 0.29) is 11.9 Å². The number of likely N-dealkylation sites (N-methyl/N-ethyl adjacent to an activating group) is 1. The summed E-state index contributed by atoms with van der Waals surface area (Å²) in [6, 6.07) is 11.7. The van der Waals surface area contributed by atoms with Crippen LogP contribution >= 0.6 is 23.4 Å². The average molecular weight is 378 g/mol. The number of carbonyl (C=O) groups excluding carboxylic acids is 1. The highest BCUT2D eigenvalue weighted by atomic mass is 35.5. The Hall–Kier alpha value is -1.56. The molecule has 1 aromatic carbocycles. The highest BCUT2D eigenvalue weighted by Crippen LogP contribution is 2.27. The summed E-state index contributed by atoms with van der Waals surface area (Å²) >= 11 is 7.89. The van der Waals surface area contributed by atoms with Gasteiger partial charge in [0.1, 0.15) is 0 Å². The van der Waals surface area contributed by atoms with Gasteiger partial charge in [0.25, 0.3) is 0 Å². The van der Waals surface area contributed by atoms with Crippen molar-refractivity contribution in [2.75, 3.05) is 25.4 Å². The summed E-state index contributed by atoms with van der Waals surface area (Å²) in [6.07, 6.45) is 3.46. The Morgan fingerprint density at radius 2 is 1.88 bits per heavy atom. The number of carbonyl (C=O) groups is 1. The Bertz CT molecular complexity index is 665. The van der Waals surface area contributed by atoms with Crippen LogP contribution in [0.2, 0.25) is 5.02 Å². The third-order valence-corrected chi connectivity index (χ3v) is 5.39. The standard InChI is InChI=1S/C19H24ClN3OS/c1-3-23(4-2)18(16-7-5-6-8-17(16)20)13-22-19(24)14-25-15-9-11-21-12-10-15/h5-12,18H,3-4,13-14H2,1-2H3,(H,22,24)/t18-/m0/s1. The minimum atomic E-state index is 0.0195. The molecule has 0 spiro atoms. The molecule has 0 aliphatic rings. The number of hydrogen-bond donors (Lipinski definition) is 1. The molecular weight excluding hydrogens is 354 g/mol. The lowest BCUT2D eigenvalue weighted by Gasteiger charge is -2.30. The van der Waals surface area contributed by atoms with Gasteiger partial charge in [0, 0.05) is 28.9 Å². The van der Waals surface area contributed by atoms with Crippen LogP contribution in [0.5, 0.6) is 0 Å². The number of nitrogens with one attached hydrogen (secondary N) is 1. The number of halogens is 1. The summed E-state index contributed by atoms with van der Waals surface area (Å²) in [5, 5.41) is 3.79. The number of amides is 1. The van der Waals surface area contributed by atoms with Crippen molar-refractivity contribution in [1.82, 2.24) is 15.2 Å². The van der Waals surface area contributed by atoms with Gasteiger partial charge in [-0.15, -0.1) is 11.8 Å². The van der Waals surface area contributed by atoms with Crippen molar-refractivity contribution < 1.29 is 4.79 Å². The molecule has 6 heteroatoms. The Morgan fingerprint density at radius 1 is 1.20 bits per heavy atom. The van der Waals surface area contributed by atoms with E-state index in [2.05, 4.69) is 29.0 Å². The van der Waals surface area contributed by atoms with E-state index in [0.717, 1.165) is 28.6 Å². The number of pyridine rings is 1. The molecule has 0 unspecified atom stereocenters. The quantitative estimate of drug-likeness (QED) is 0.670. The molecule has 4 nitrogen and oxygen atoms in total. The number of benzene rings is 1. The Balaban J connectivity index is 1.97. The zero-order chi connectivity index (χ0) is 18.1. The van der Waals surface area contributed by atoms with Gasteiger partial charge in [0.05, 0.1) is 11.8 Å². The fraction of sp³-hybridized carbons (Fsp3) is 0.368. The first-order valence-electron chi connectivity index (χ1n) is 8.43. The molecule has 0 saturated heterocycles. The van der Waals surface area contributed by atoms with Crippen molar-refractivity contribution in [1.29, 1.82) is 0 Å². The molecule has 1 aromatic heterocycles. The number of nitrogens with zero attached hydrogens (tertiary/aromatic N) is 2. The Kier molecular flexibility index (Phi) is 8.25. The van der Waals surface area contributed by atoms with E-state index < -0.39 is 0 Å². The first kappa shape index (κ1) is 19.8. The summed E-state index contributed by atoms with van der Waals surface area (Å²) in [6.45, 7) is 6.58. The van der Waals surface area contributed by atoms with E-state index in [4.69, 9.17) is 11.6 Å². The topological polar surface area (TPSA) is 45.2 Å². The molecule has 134 valence electrons. The zero-order valence-electron chi connectivity index (χ0n) is 14.6. The summed E-state index contributed by atoms with van der Waals surface area (Å²) < 4.78 is 0. The van der Waals surface area contributed by atoms with Crippen LogP contribution in [-0.4, -0.2) is 41.2 Å². The van der Waals surface area contributed by atoms with Gasteiger partial charge in [-0.1, -0.05) is 43.6 Å². The number of thioether (sulfide) groups is 1. The zero-order valence-corrected chi connectivity index (χ0v) is 16.2. The van der Waals surface area contributed by atoms with Crippen LogP contribution in [0.4, 0.5) is 0 Å². The molecule has 1 heterocycles. The molecule has 1 N–H and O–H groups in total. The van der Waals surface area contributed by atoms with Crippen LogP contribution in [0.1, 0.15) is 25.5 Å². The van der Waals surface area contributed by atoms with Crippen molar-refractivity contribution in [3.05, 3.63) is 59.4 Å². The fourth-order valence-electron chi connectivity index (χ4n) is 2.69. The monoisotopic (exact) mass is 377 g/mol. The van der Waals surface area contributed by atoms with E-state index in [0.29, 0.717) is 12.3 Å². The van der Waals surface area contributed by atoms with E-state index in [1.165, 1.54) is 11.8 Å². The van der Waals surface area contributed by atoms with Crippen LogP contribution in [0.15, 0.2) is 53.7 Å². The highest BCUT2D eigenvalue weighted by molar-refractivity contribution is 8.00. The first-order chi connectivity index (χ1) is 12.2. The SMILES string of the molecule is CCN(CC)[C@@H](CNC(=O)CSc1ccncc1)c1ccccc1Cl. The van der Waals surface area contributed by atoms with Crippen LogP contribution < -0.4 is 5.32 Å². The van der Waals surface area contributed by atoms with E-state index in [1.54, 1.807) is 12.4 Å². The van der Waals surface area contributed by atoms with Gasteiger partial charge < -0.3 is 5.32 Å². The maximum atomic E-state index is 12.2. The largest absolute Gasteiger partial charge is 0.353 e. The molecular formula is C19H24ClN3OS. The number of hydrogen-bond acceptors (Lipinski definition) is 4. The normalized spacial score (nSPS) is 12.2. The van der Waals surface area contributed by atoms with Crippen molar-refractivity contribution in [2.24, 2.45) is 0 Å². The second-order valence-corrected chi connectivity index (χ2v) is 6.99. The van der Waals surface area contributed by atoms with Gasteiger partial charge in [-0.3, -0.25) is 14.7 Å². The minimum absolute atomic E-state index is 0.0195. The Labute approximate surface area is 159 Å². The second-order valence-electron chi connectivity index (χ2n) is 5.53. The lowest BCUT2D eigenvalue weighted by molar-refractivity contribution is -0.118. The average Bonchev–Trinajstić information content (AvgIpc) is 2.65. The van der Waals surface area contributed by atoms with E-state index in [1.807, 2.05) is 36.4 Å². The lowest BCUT2D eigenvalue weighted by Crippen LogP contribution is -2.38. The first-order valence-corrected chi connectivity index (χ1v) is 9.80. The van der Waals surface area contributed by atoms with E-state index >= 15 is 0 Å². The lowest BCUT2D eigenvalue weighted by atomic mass is 10.0. The molecule has 0 saturated carbocycles. The molecule has 25 heavy (non-hydrogen) atoms. The van der Waals surface area contributed by atoms with E-state index in [9.17, 15) is 4.79 Å². The second kappa shape index (κ2) is 10.4. The summed E-state index contributed by atoms with van der Waals surface area (Å²) in [7, 11) is 0. The van der Waals surface area contributed by atoms with Crippen molar-refractivity contribution in [3.63, 3.8) is 0 Å². The molecule has 0 fully saturated rings. The van der Waals surface area contributed by atoms with Gasteiger partial charge in [0.15, 0.2) is 0 Å². The van der Waals surface area contributed by atoms with Gasteiger partial charge in [-0.25, -0.2) is 0 Å². The molecule has 2 aromatic rings. The van der Waals surface area contributed by atoms with Gasteiger partial charge in [-0.2, -0.15) is 0 Å². The third kappa shape index (κ3) is 6.03. The maximum absolute atomic E-state index is 12.2. The maximum Gasteiger partial charge on any atom is 0.230 e. The predicted molar refractivity (Wildman–Crippen MR) is 105 cm³/mol. The van der Waals surface area contributed by atoms with Crippen molar-refractivity contribution >= 4 is 29.3 Å². The highest BCUT2D eigenvalue weighted by Gasteiger charge is 2.20. The number of rotatable bonds is 9.